The minimum atomic E-state index is -0.352. The predicted molar refractivity (Wildman–Crippen MR) is 111 cm³/mol. The highest BCUT2D eigenvalue weighted by Crippen LogP contribution is 2.29. The number of benzene rings is 2. The highest BCUT2D eigenvalue weighted by Gasteiger charge is 2.34. The molecule has 1 heterocycles. The van der Waals surface area contributed by atoms with Crippen molar-refractivity contribution in [2.75, 3.05) is 25.1 Å². The largest absolute Gasteiger partial charge is 0.379 e. The molecule has 6 heteroatoms. The molecule has 3 atom stereocenters. The lowest BCUT2D eigenvalue weighted by atomic mass is 9.94. The third-order valence-electron chi connectivity index (χ3n) is 5.90. The summed E-state index contributed by atoms with van der Waals surface area (Å²) in [5.41, 5.74) is 2.30. The van der Waals surface area contributed by atoms with Crippen LogP contribution in [0.25, 0.3) is 0 Å². The van der Waals surface area contributed by atoms with E-state index in [1.54, 1.807) is 0 Å². The maximum atomic E-state index is 13.0. The Balaban J connectivity index is 1.33. The second-order valence-corrected chi connectivity index (χ2v) is 7.88. The average molecular weight is 397 g/mol. The number of amides is 1. The van der Waals surface area contributed by atoms with Crippen LogP contribution in [0.1, 0.15) is 35.2 Å². The van der Waals surface area contributed by atoms with Crippen LogP contribution in [0.3, 0.4) is 0 Å². The quantitative estimate of drug-likeness (QED) is 0.700. The Morgan fingerprint density at radius 2 is 2.03 bits per heavy atom. The van der Waals surface area contributed by atoms with E-state index in [1.807, 2.05) is 18.2 Å². The summed E-state index contributed by atoms with van der Waals surface area (Å²) >= 11 is 0. The summed E-state index contributed by atoms with van der Waals surface area (Å²) in [6.45, 7) is 3.30. The number of morpholine rings is 1. The van der Waals surface area contributed by atoms with Crippen LogP contribution in [0.15, 0.2) is 48.5 Å². The fourth-order valence-electron chi connectivity index (χ4n) is 4.40. The lowest BCUT2D eigenvalue weighted by Gasteiger charge is -2.33. The molecule has 1 aliphatic carbocycles. The molecule has 1 amide bonds. The molecule has 1 aliphatic heterocycles. The fraction of sp³-hybridized carbons (Fsp3) is 0.435. The summed E-state index contributed by atoms with van der Waals surface area (Å²) in [6, 6.07) is 14.3. The summed E-state index contributed by atoms with van der Waals surface area (Å²) < 4.78 is 18.7. The van der Waals surface area contributed by atoms with E-state index < -0.39 is 0 Å². The zero-order valence-electron chi connectivity index (χ0n) is 16.5. The Morgan fingerprint density at radius 3 is 2.83 bits per heavy atom. The van der Waals surface area contributed by atoms with E-state index >= 15 is 0 Å². The molecular weight excluding hydrogens is 369 g/mol. The van der Waals surface area contributed by atoms with Crippen molar-refractivity contribution in [3.8, 4) is 0 Å². The molecule has 0 spiro atoms. The van der Waals surface area contributed by atoms with E-state index in [2.05, 4.69) is 22.0 Å². The third-order valence-corrected chi connectivity index (χ3v) is 5.90. The number of ether oxygens (including phenoxy) is 1. The molecule has 2 fully saturated rings. The second kappa shape index (κ2) is 9.48. The van der Waals surface area contributed by atoms with Crippen LogP contribution in [0.5, 0.6) is 0 Å². The van der Waals surface area contributed by atoms with E-state index in [4.69, 9.17) is 4.74 Å². The molecule has 5 nitrogen and oxygen atoms in total. The van der Waals surface area contributed by atoms with E-state index in [-0.39, 0.29) is 11.7 Å². The minimum Gasteiger partial charge on any atom is -0.379 e. The molecule has 154 valence electrons. The van der Waals surface area contributed by atoms with Gasteiger partial charge in [-0.05, 0) is 60.7 Å². The van der Waals surface area contributed by atoms with Gasteiger partial charge >= 0.3 is 0 Å². The van der Waals surface area contributed by atoms with Crippen molar-refractivity contribution in [2.24, 2.45) is 5.92 Å². The summed E-state index contributed by atoms with van der Waals surface area (Å²) in [7, 11) is 0. The number of carbonyl (C=O) groups is 1. The Hall–Kier alpha value is -2.28. The van der Waals surface area contributed by atoms with Gasteiger partial charge in [-0.15, -0.1) is 0 Å². The summed E-state index contributed by atoms with van der Waals surface area (Å²) in [5, 5.41) is 10.2. The standard InChI is InChI=1S/C23H28FN3O2/c24-18-9-7-17(8-10-18)23(28)27-19-4-1-3-16(13-19)14-26-21-6-2-5-20(21)22-15-29-12-11-25-22/h1,3-4,7-10,13,20-22,25-26H,2,5-6,11-12,14-15H2,(H,27,28). The Bertz CT molecular complexity index is 821. The van der Waals surface area contributed by atoms with Crippen molar-refractivity contribution in [3.05, 3.63) is 65.5 Å². The van der Waals surface area contributed by atoms with E-state index in [0.29, 0.717) is 23.6 Å². The van der Waals surface area contributed by atoms with Crippen molar-refractivity contribution < 1.29 is 13.9 Å². The number of hydrogen-bond acceptors (Lipinski definition) is 4. The molecule has 0 radical (unpaired) electrons. The topological polar surface area (TPSA) is 62.4 Å². The maximum absolute atomic E-state index is 13.0. The molecule has 2 aliphatic rings. The molecule has 29 heavy (non-hydrogen) atoms. The van der Waals surface area contributed by atoms with Crippen LogP contribution >= 0.6 is 0 Å². The first-order chi connectivity index (χ1) is 14.2. The minimum absolute atomic E-state index is 0.241. The van der Waals surface area contributed by atoms with Gasteiger partial charge in [0.25, 0.3) is 5.91 Å². The van der Waals surface area contributed by atoms with Crippen molar-refractivity contribution in [3.63, 3.8) is 0 Å². The Morgan fingerprint density at radius 1 is 1.17 bits per heavy atom. The molecular formula is C23H28FN3O2. The highest BCUT2D eigenvalue weighted by molar-refractivity contribution is 6.04. The summed E-state index contributed by atoms with van der Waals surface area (Å²) in [5.74, 6) is 0.000767. The molecule has 2 aromatic carbocycles. The van der Waals surface area contributed by atoms with Gasteiger partial charge in [-0.1, -0.05) is 18.6 Å². The monoisotopic (exact) mass is 397 g/mol. The molecule has 4 rings (SSSR count). The smallest absolute Gasteiger partial charge is 0.255 e. The van der Waals surface area contributed by atoms with Gasteiger partial charge in [-0.2, -0.15) is 0 Å². The van der Waals surface area contributed by atoms with Gasteiger partial charge in [0.05, 0.1) is 13.2 Å². The first-order valence-electron chi connectivity index (χ1n) is 10.4. The SMILES string of the molecule is O=C(Nc1cccc(CNC2CCCC2C2COCCN2)c1)c1ccc(F)cc1. The van der Waals surface area contributed by atoms with Crippen LogP contribution in [0, 0.1) is 11.7 Å². The highest BCUT2D eigenvalue weighted by atomic mass is 19.1. The zero-order chi connectivity index (χ0) is 20.1. The van der Waals surface area contributed by atoms with Gasteiger partial charge in [-0.25, -0.2) is 4.39 Å². The maximum Gasteiger partial charge on any atom is 0.255 e. The number of nitrogens with one attached hydrogen (secondary N) is 3. The van der Waals surface area contributed by atoms with Crippen LogP contribution in [-0.2, 0) is 11.3 Å². The van der Waals surface area contributed by atoms with Crippen molar-refractivity contribution in [2.45, 2.75) is 37.9 Å². The third kappa shape index (κ3) is 5.21. The Kier molecular flexibility index (Phi) is 6.54. The number of halogens is 1. The first kappa shape index (κ1) is 20.0. The summed E-state index contributed by atoms with van der Waals surface area (Å²) in [4.78, 5) is 12.4. The average Bonchev–Trinajstić information content (AvgIpc) is 3.22. The van der Waals surface area contributed by atoms with Crippen LogP contribution in [0.2, 0.25) is 0 Å². The van der Waals surface area contributed by atoms with Crippen molar-refractivity contribution in [1.29, 1.82) is 0 Å². The molecule has 0 aromatic heterocycles. The van der Waals surface area contributed by atoms with Crippen LogP contribution in [0.4, 0.5) is 10.1 Å². The predicted octanol–water partition coefficient (Wildman–Crippen LogP) is 3.32. The number of anilines is 1. The van der Waals surface area contributed by atoms with Gasteiger partial charge in [0.15, 0.2) is 0 Å². The van der Waals surface area contributed by atoms with Gasteiger partial charge in [0.2, 0.25) is 0 Å². The lowest BCUT2D eigenvalue weighted by molar-refractivity contribution is 0.0524. The van der Waals surface area contributed by atoms with E-state index in [1.165, 1.54) is 43.5 Å². The lowest BCUT2D eigenvalue weighted by Crippen LogP contribution is -2.50. The number of carbonyl (C=O) groups excluding carboxylic acids is 1. The van der Waals surface area contributed by atoms with Gasteiger partial charge < -0.3 is 20.7 Å². The van der Waals surface area contributed by atoms with Gasteiger partial charge in [-0.3, -0.25) is 4.79 Å². The van der Waals surface area contributed by atoms with Gasteiger partial charge in [0.1, 0.15) is 5.82 Å². The zero-order valence-corrected chi connectivity index (χ0v) is 16.5. The first-order valence-corrected chi connectivity index (χ1v) is 10.4. The normalized spacial score (nSPS) is 24.4. The molecule has 1 saturated heterocycles. The number of hydrogen-bond donors (Lipinski definition) is 3. The van der Waals surface area contributed by atoms with E-state index in [0.717, 1.165) is 37.6 Å². The van der Waals surface area contributed by atoms with Gasteiger partial charge in [0, 0.05) is 36.4 Å². The molecule has 2 aromatic rings. The van der Waals surface area contributed by atoms with E-state index in [9.17, 15) is 9.18 Å². The number of rotatable bonds is 6. The molecule has 3 N–H and O–H groups in total. The summed E-state index contributed by atoms with van der Waals surface area (Å²) in [6.07, 6.45) is 3.66. The van der Waals surface area contributed by atoms with Crippen molar-refractivity contribution >= 4 is 11.6 Å². The molecule has 3 unspecified atom stereocenters. The fourth-order valence-corrected chi connectivity index (χ4v) is 4.40. The second-order valence-electron chi connectivity index (χ2n) is 7.88. The van der Waals surface area contributed by atoms with Crippen molar-refractivity contribution in [1.82, 2.24) is 10.6 Å². The van der Waals surface area contributed by atoms with Crippen LogP contribution < -0.4 is 16.0 Å². The molecule has 0 bridgehead atoms. The molecule has 1 saturated carbocycles. The Labute approximate surface area is 171 Å². The van der Waals surface area contributed by atoms with Crippen LogP contribution in [-0.4, -0.2) is 37.7 Å².